The minimum atomic E-state index is -1.06. The third-order valence-electron chi connectivity index (χ3n) is 10.8. The Morgan fingerprint density at radius 1 is 0.941 bits per heavy atom. The number of carbonyl (C=O) groups excluding carboxylic acids is 1. The minimum Gasteiger partial charge on any atom is -0.476 e. The van der Waals surface area contributed by atoms with Crippen molar-refractivity contribution in [2.45, 2.75) is 64.5 Å². The monoisotopic (exact) mass is 686 g/mol. The zero-order valence-corrected chi connectivity index (χ0v) is 28.9. The van der Waals surface area contributed by atoms with Crippen molar-refractivity contribution in [3.8, 4) is 22.5 Å². The zero-order valence-electron chi connectivity index (χ0n) is 28.9. The van der Waals surface area contributed by atoms with Crippen LogP contribution < -0.4 is 4.90 Å². The number of hydrogen-bond acceptors (Lipinski definition) is 9. The van der Waals surface area contributed by atoms with Gasteiger partial charge in [-0.3, -0.25) is 19.4 Å². The van der Waals surface area contributed by atoms with Crippen LogP contribution >= 0.6 is 0 Å². The van der Waals surface area contributed by atoms with Crippen molar-refractivity contribution >= 4 is 28.5 Å². The molecule has 0 unspecified atom stereocenters. The molecule has 51 heavy (non-hydrogen) atoms. The molecule has 262 valence electrons. The van der Waals surface area contributed by atoms with Crippen LogP contribution in [0, 0.1) is 5.92 Å². The maximum Gasteiger partial charge on any atom is 0.356 e. The van der Waals surface area contributed by atoms with E-state index < -0.39 is 5.97 Å². The number of carboxylic acid groups (broad SMARTS) is 1. The molecule has 12 heteroatoms. The van der Waals surface area contributed by atoms with Gasteiger partial charge in [-0.2, -0.15) is 5.10 Å². The Morgan fingerprint density at radius 2 is 1.78 bits per heavy atom. The molecule has 0 aliphatic carbocycles. The average molecular weight is 687 g/mol. The highest BCUT2D eigenvalue weighted by Gasteiger charge is 2.31. The first-order valence-electron chi connectivity index (χ1n) is 18.0. The summed E-state index contributed by atoms with van der Waals surface area (Å²) in [7, 11) is 0. The number of piperidine rings is 1. The van der Waals surface area contributed by atoms with Gasteiger partial charge in [0.05, 0.1) is 17.4 Å². The number of carboxylic acids is 1. The third kappa shape index (κ3) is 6.80. The Balaban J connectivity index is 0.956. The quantitative estimate of drug-likeness (QED) is 0.215. The summed E-state index contributed by atoms with van der Waals surface area (Å²) >= 11 is 0. The molecule has 0 radical (unpaired) electrons. The highest BCUT2D eigenvalue weighted by molar-refractivity contribution is 5.97. The topological polar surface area (TPSA) is 139 Å². The number of anilines is 1. The number of aromatic nitrogens is 6. The molecule has 0 bridgehead atoms. The molecule has 3 aliphatic rings. The standard InChI is InChI=1S/C39H42N8O4/c1-25(48)46-18-13-36-33(24-46)38(44-47(36)30-14-19-51-20-15-30)31-4-2-3-27-21-35(41-23-32(27)31)28-6-8-29(40-22-28)7-5-26-11-16-45(17-12-26)37-10-9-34(39(49)50)42-43-37/h2-4,6,8-10,21-23,26,30H,5,7,11-20,24H2,1H3,(H,49,50). The number of benzene rings is 1. The van der Waals surface area contributed by atoms with E-state index in [4.69, 9.17) is 24.9 Å². The molecule has 5 aromatic rings. The molecular formula is C39H42N8O4. The van der Waals surface area contributed by atoms with E-state index in [2.05, 4.69) is 56.2 Å². The number of hydrogen-bond donors (Lipinski definition) is 1. The van der Waals surface area contributed by atoms with Crippen LogP contribution in [0.1, 0.15) is 72.5 Å². The number of rotatable bonds is 8. The smallest absolute Gasteiger partial charge is 0.356 e. The summed E-state index contributed by atoms with van der Waals surface area (Å²) in [4.78, 5) is 37.3. The number of nitrogens with zero attached hydrogens (tertiary/aromatic N) is 8. The largest absolute Gasteiger partial charge is 0.476 e. The van der Waals surface area contributed by atoms with E-state index in [1.54, 1.807) is 13.0 Å². The van der Waals surface area contributed by atoms with Crippen LogP contribution in [0.15, 0.2) is 60.9 Å². The van der Waals surface area contributed by atoms with Gasteiger partial charge in [0, 0.05) is 98.6 Å². The molecule has 1 N–H and O–H groups in total. The number of amides is 1. The van der Waals surface area contributed by atoms with Gasteiger partial charge in [0.2, 0.25) is 5.91 Å². The fourth-order valence-corrected chi connectivity index (χ4v) is 7.83. The summed E-state index contributed by atoms with van der Waals surface area (Å²) < 4.78 is 7.89. The van der Waals surface area contributed by atoms with Crippen molar-refractivity contribution in [2.24, 2.45) is 5.92 Å². The van der Waals surface area contributed by atoms with Gasteiger partial charge in [-0.1, -0.05) is 18.2 Å². The molecule has 4 aromatic heterocycles. The van der Waals surface area contributed by atoms with Crippen molar-refractivity contribution < 1.29 is 19.4 Å². The van der Waals surface area contributed by atoms with Crippen molar-refractivity contribution in [1.29, 1.82) is 0 Å². The van der Waals surface area contributed by atoms with Crippen LogP contribution in [0.4, 0.5) is 5.82 Å². The van der Waals surface area contributed by atoms with Crippen molar-refractivity contribution in [2.75, 3.05) is 37.7 Å². The lowest BCUT2D eigenvalue weighted by atomic mass is 9.91. The summed E-state index contributed by atoms with van der Waals surface area (Å²) in [6, 6.07) is 16.3. The number of aromatic carboxylic acids is 1. The van der Waals surface area contributed by atoms with Crippen molar-refractivity contribution in [3.63, 3.8) is 0 Å². The SMILES string of the molecule is CC(=O)N1CCc2c(c(-c3cccc4cc(-c5ccc(CCC6CCN(c7ccc(C(=O)O)nn7)CC6)nc5)ncc34)nn2C2CCOCC2)C1. The molecule has 0 saturated carbocycles. The van der Waals surface area contributed by atoms with E-state index in [-0.39, 0.29) is 11.6 Å². The van der Waals surface area contributed by atoms with Gasteiger partial charge in [-0.25, -0.2) is 4.79 Å². The predicted octanol–water partition coefficient (Wildman–Crippen LogP) is 5.75. The first-order chi connectivity index (χ1) is 24.9. The number of ether oxygens (including phenoxy) is 1. The summed E-state index contributed by atoms with van der Waals surface area (Å²) in [6.45, 7) is 6.19. The van der Waals surface area contributed by atoms with Crippen LogP contribution in [0.5, 0.6) is 0 Å². The van der Waals surface area contributed by atoms with Crippen molar-refractivity contribution in [1.82, 2.24) is 34.8 Å². The van der Waals surface area contributed by atoms with E-state index in [1.165, 1.54) is 11.8 Å². The Kier molecular flexibility index (Phi) is 9.16. The molecule has 1 aromatic carbocycles. The van der Waals surface area contributed by atoms with Gasteiger partial charge in [-0.15, -0.1) is 10.2 Å². The molecule has 7 heterocycles. The number of carbonyl (C=O) groups is 2. The normalized spacial score (nSPS) is 17.1. The molecule has 12 nitrogen and oxygen atoms in total. The third-order valence-corrected chi connectivity index (χ3v) is 10.8. The van der Waals surface area contributed by atoms with E-state index in [0.717, 1.165) is 122 Å². The summed E-state index contributed by atoms with van der Waals surface area (Å²) in [5.74, 6) is 0.361. The Hall–Kier alpha value is -5.23. The second-order valence-corrected chi connectivity index (χ2v) is 13.9. The molecule has 1 amide bonds. The highest BCUT2D eigenvalue weighted by atomic mass is 16.5. The predicted molar refractivity (Wildman–Crippen MR) is 192 cm³/mol. The molecular weight excluding hydrogens is 644 g/mol. The number of fused-ring (bicyclic) bond motifs is 2. The Morgan fingerprint density at radius 3 is 2.51 bits per heavy atom. The van der Waals surface area contributed by atoms with Gasteiger partial charge in [0.25, 0.3) is 0 Å². The maximum atomic E-state index is 12.4. The second-order valence-electron chi connectivity index (χ2n) is 13.9. The summed E-state index contributed by atoms with van der Waals surface area (Å²) in [6.07, 6.45) is 10.7. The molecule has 0 spiro atoms. The molecule has 2 fully saturated rings. The van der Waals surface area contributed by atoms with E-state index in [0.29, 0.717) is 25.0 Å². The van der Waals surface area contributed by atoms with Gasteiger partial charge < -0.3 is 19.6 Å². The fourth-order valence-electron chi connectivity index (χ4n) is 7.83. The number of aryl methyl sites for hydroxylation is 1. The zero-order chi connectivity index (χ0) is 34.9. The van der Waals surface area contributed by atoms with Crippen LogP contribution in [-0.4, -0.2) is 84.7 Å². The fraction of sp³-hybridized carbons (Fsp3) is 0.410. The van der Waals surface area contributed by atoms with E-state index >= 15 is 0 Å². The maximum absolute atomic E-state index is 12.4. The lowest BCUT2D eigenvalue weighted by Crippen LogP contribution is -2.35. The Labute approximate surface area is 296 Å². The van der Waals surface area contributed by atoms with Gasteiger partial charge in [0.15, 0.2) is 11.5 Å². The molecule has 2 saturated heterocycles. The van der Waals surface area contributed by atoms with E-state index in [9.17, 15) is 9.59 Å². The van der Waals surface area contributed by atoms with E-state index in [1.807, 2.05) is 17.3 Å². The summed E-state index contributed by atoms with van der Waals surface area (Å²) in [5.41, 5.74) is 7.27. The number of pyridine rings is 2. The summed E-state index contributed by atoms with van der Waals surface area (Å²) in [5, 5.41) is 24.4. The molecule has 3 aliphatic heterocycles. The molecule has 8 rings (SSSR count). The van der Waals surface area contributed by atoms with Gasteiger partial charge >= 0.3 is 5.97 Å². The van der Waals surface area contributed by atoms with Crippen LogP contribution in [-0.2, 0) is 28.9 Å². The second kappa shape index (κ2) is 14.2. The van der Waals surface area contributed by atoms with Crippen LogP contribution in [0.25, 0.3) is 33.3 Å². The minimum absolute atomic E-state index is 0.0370. The Bertz CT molecular complexity index is 2050. The first kappa shape index (κ1) is 32.9. The lowest BCUT2D eigenvalue weighted by molar-refractivity contribution is -0.129. The molecule has 0 atom stereocenters. The van der Waals surface area contributed by atoms with Gasteiger partial charge in [-0.05, 0) is 80.2 Å². The van der Waals surface area contributed by atoms with Crippen LogP contribution in [0.2, 0.25) is 0 Å². The lowest BCUT2D eigenvalue weighted by Gasteiger charge is -2.32. The average Bonchev–Trinajstić information content (AvgIpc) is 3.56. The van der Waals surface area contributed by atoms with Gasteiger partial charge in [0.1, 0.15) is 0 Å². The van der Waals surface area contributed by atoms with Crippen LogP contribution in [0.3, 0.4) is 0 Å². The van der Waals surface area contributed by atoms with Crippen molar-refractivity contribution in [3.05, 3.63) is 83.6 Å². The first-order valence-corrected chi connectivity index (χ1v) is 18.0. The highest BCUT2D eigenvalue weighted by Crippen LogP contribution is 2.37.